The monoisotopic (exact) mass is 300 g/mol. The van der Waals surface area contributed by atoms with Gasteiger partial charge in [0.2, 0.25) is 0 Å². The molecule has 0 radical (unpaired) electrons. The largest absolute Gasteiger partial charge is 0.469 e. The third kappa shape index (κ3) is 4.11. The van der Waals surface area contributed by atoms with E-state index in [1.807, 2.05) is 17.1 Å². The predicted molar refractivity (Wildman–Crippen MR) is 81.2 cm³/mol. The van der Waals surface area contributed by atoms with Crippen LogP contribution in [0, 0.1) is 0 Å². The van der Waals surface area contributed by atoms with Gasteiger partial charge in [-0.15, -0.1) is 11.3 Å². The van der Waals surface area contributed by atoms with Gasteiger partial charge in [-0.25, -0.2) is 4.98 Å². The molecule has 0 aliphatic carbocycles. The van der Waals surface area contributed by atoms with Gasteiger partial charge in [-0.05, 0) is 6.42 Å². The van der Waals surface area contributed by atoms with E-state index < -0.39 is 0 Å². The number of hydrogen-bond donors (Lipinski definition) is 0. The van der Waals surface area contributed by atoms with Crippen LogP contribution in [-0.2, 0) is 16.0 Å². The van der Waals surface area contributed by atoms with E-state index in [1.54, 1.807) is 11.3 Å². The lowest BCUT2D eigenvalue weighted by molar-refractivity contribution is -0.139. The number of thioether (sulfide) groups is 1. The maximum Gasteiger partial charge on any atom is 0.311 e. The van der Waals surface area contributed by atoms with Gasteiger partial charge in [0, 0.05) is 29.0 Å². The molecule has 1 saturated heterocycles. The van der Waals surface area contributed by atoms with Gasteiger partial charge in [0.05, 0.1) is 19.2 Å². The van der Waals surface area contributed by atoms with Crippen LogP contribution in [0.3, 0.4) is 0 Å². The number of ether oxygens (including phenoxy) is 1. The number of nitrogens with zero attached hydrogens (tertiary/aromatic N) is 2. The van der Waals surface area contributed by atoms with Crippen molar-refractivity contribution in [1.82, 2.24) is 4.98 Å². The van der Waals surface area contributed by atoms with Crippen LogP contribution in [0.1, 0.15) is 26.0 Å². The molecule has 0 saturated carbocycles. The minimum Gasteiger partial charge on any atom is -0.469 e. The zero-order chi connectivity index (χ0) is 13.9. The van der Waals surface area contributed by atoms with Crippen LogP contribution < -0.4 is 4.90 Å². The summed E-state index contributed by atoms with van der Waals surface area (Å²) in [5.74, 6) is 0.892. The van der Waals surface area contributed by atoms with Crippen LogP contribution in [0.25, 0.3) is 0 Å². The first kappa shape index (κ1) is 14.7. The molecule has 1 aromatic heterocycles. The van der Waals surface area contributed by atoms with E-state index in [-0.39, 0.29) is 12.4 Å². The second kappa shape index (κ2) is 6.13. The Hall–Kier alpha value is -0.750. The zero-order valence-corrected chi connectivity index (χ0v) is 13.3. The molecule has 2 heterocycles. The van der Waals surface area contributed by atoms with Gasteiger partial charge in [-0.1, -0.05) is 13.8 Å². The van der Waals surface area contributed by atoms with Crippen molar-refractivity contribution in [2.75, 3.05) is 30.9 Å². The SMILES string of the molecule is COC(=O)Cc1csc(N2CCSC(C)(C)CC2)n1. The van der Waals surface area contributed by atoms with Crippen LogP contribution in [-0.4, -0.2) is 41.7 Å². The van der Waals surface area contributed by atoms with Crippen LogP contribution >= 0.6 is 23.1 Å². The first-order valence-electron chi connectivity index (χ1n) is 6.40. The maximum atomic E-state index is 11.2. The highest BCUT2D eigenvalue weighted by Crippen LogP contribution is 2.33. The zero-order valence-electron chi connectivity index (χ0n) is 11.6. The summed E-state index contributed by atoms with van der Waals surface area (Å²) >= 11 is 3.64. The maximum absolute atomic E-state index is 11.2. The third-order valence-electron chi connectivity index (χ3n) is 3.20. The Bertz CT molecular complexity index is 446. The third-order valence-corrected chi connectivity index (χ3v) is 5.52. The van der Waals surface area contributed by atoms with E-state index in [2.05, 4.69) is 28.5 Å². The molecule has 1 aliphatic rings. The van der Waals surface area contributed by atoms with Gasteiger partial charge < -0.3 is 9.64 Å². The first-order valence-corrected chi connectivity index (χ1v) is 8.27. The van der Waals surface area contributed by atoms with Gasteiger partial charge in [0.15, 0.2) is 5.13 Å². The molecule has 0 atom stereocenters. The van der Waals surface area contributed by atoms with Crippen LogP contribution in [0.2, 0.25) is 0 Å². The summed E-state index contributed by atoms with van der Waals surface area (Å²) in [5.41, 5.74) is 0.808. The van der Waals surface area contributed by atoms with Crippen molar-refractivity contribution in [2.45, 2.75) is 31.4 Å². The summed E-state index contributed by atoms with van der Waals surface area (Å²) in [6.45, 7) is 6.65. The molecule has 0 spiro atoms. The van der Waals surface area contributed by atoms with E-state index in [1.165, 1.54) is 7.11 Å². The molecule has 0 unspecified atom stereocenters. The van der Waals surface area contributed by atoms with E-state index in [0.717, 1.165) is 36.1 Å². The summed E-state index contributed by atoms with van der Waals surface area (Å²) in [4.78, 5) is 18.1. The number of carbonyl (C=O) groups excluding carboxylic acids is 1. The lowest BCUT2D eigenvalue weighted by Crippen LogP contribution is -2.26. The smallest absolute Gasteiger partial charge is 0.311 e. The standard InChI is InChI=1S/C13H20N2O2S2/c1-13(2)4-5-15(6-7-19-13)12-14-10(9-18-12)8-11(16)17-3/h9H,4-8H2,1-3H3. The van der Waals surface area contributed by atoms with E-state index in [9.17, 15) is 4.79 Å². The second-order valence-corrected chi connectivity index (χ2v) is 7.86. The fraction of sp³-hybridized carbons (Fsp3) is 0.692. The molecule has 1 aliphatic heterocycles. The van der Waals surface area contributed by atoms with Crippen molar-refractivity contribution in [1.29, 1.82) is 0 Å². The minimum absolute atomic E-state index is 0.232. The molecule has 19 heavy (non-hydrogen) atoms. The number of carbonyl (C=O) groups is 1. The Morgan fingerprint density at radius 2 is 2.32 bits per heavy atom. The van der Waals surface area contributed by atoms with Crippen molar-refractivity contribution in [3.05, 3.63) is 11.1 Å². The number of anilines is 1. The number of hydrogen-bond acceptors (Lipinski definition) is 6. The van der Waals surface area contributed by atoms with Crippen LogP contribution in [0.5, 0.6) is 0 Å². The highest BCUT2D eigenvalue weighted by atomic mass is 32.2. The van der Waals surface area contributed by atoms with E-state index in [0.29, 0.717) is 4.75 Å². The fourth-order valence-corrected chi connectivity index (χ4v) is 3.93. The quantitative estimate of drug-likeness (QED) is 0.803. The van der Waals surface area contributed by atoms with Crippen molar-refractivity contribution >= 4 is 34.2 Å². The fourth-order valence-electron chi connectivity index (χ4n) is 1.95. The molecule has 6 heteroatoms. The predicted octanol–water partition coefficient (Wildman–Crippen LogP) is 2.58. The Morgan fingerprint density at radius 1 is 1.53 bits per heavy atom. The van der Waals surface area contributed by atoms with E-state index in [4.69, 9.17) is 0 Å². The molecule has 0 aromatic carbocycles. The Morgan fingerprint density at radius 3 is 3.05 bits per heavy atom. The number of aromatic nitrogens is 1. The summed E-state index contributed by atoms with van der Waals surface area (Å²) in [6.07, 6.45) is 1.42. The van der Waals surface area contributed by atoms with Crippen molar-refractivity contribution in [3.63, 3.8) is 0 Å². The number of thiazole rings is 1. The lowest BCUT2D eigenvalue weighted by Gasteiger charge is -2.22. The number of rotatable bonds is 3. The minimum atomic E-state index is -0.232. The molecule has 2 rings (SSSR count). The number of esters is 1. The summed E-state index contributed by atoms with van der Waals surface area (Å²) in [5, 5.41) is 2.98. The van der Waals surface area contributed by atoms with Crippen molar-refractivity contribution in [2.24, 2.45) is 0 Å². The molecule has 106 valence electrons. The lowest BCUT2D eigenvalue weighted by atomic mass is 10.1. The molecule has 4 nitrogen and oxygen atoms in total. The first-order chi connectivity index (χ1) is 9.00. The summed E-state index contributed by atoms with van der Waals surface area (Å²) in [7, 11) is 1.41. The van der Waals surface area contributed by atoms with Crippen molar-refractivity contribution < 1.29 is 9.53 Å². The molecule has 0 bridgehead atoms. The van der Waals surface area contributed by atoms with Gasteiger partial charge >= 0.3 is 5.97 Å². The number of methoxy groups -OCH3 is 1. The highest BCUT2D eigenvalue weighted by molar-refractivity contribution is 8.00. The van der Waals surface area contributed by atoms with Crippen LogP contribution in [0.15, 0.2) is 5.38 Å². The molecule has 0 N–H and O–H groups in total. The normalized spacial score (nSPS) is 19.0. The topological polar surface area (TPSA) is 42.4 Å². The molecule has 1 aromatic rings. The Kier molecular flexibility index (Phi) is 4.73. The Labute approximate surface area is 122 Å². The average molecular weight is 300 g/mol. The summed E-state index contributed by atoms with van der Waals surface area (Å²) < 4.78 is 5.01. The highest BCUT2D eigenvalue weighted by Gasteiger charge is 2.25. The molecule has 0 amide bonds. The van der Waals surface area contributed by atoms with Gasteiger partial charge in [0.1, 0.15) is 0 Å². The van der Waals surface area contributed by atoms with E-state index >= 15 is 0 Å². The molecule has 1 fully saturated rings. The molecular weight excluding hydrogens is 280 g/mol. The van der Waals surface area contributed by atoms with Crippen LogP contribution in [0.4, 0.5) is 5.13 Å². The van der Waals surface area contributed by atoms with Gasteiger partial charge in [-0.2, -0.15) is 11.8 Å². The average Bonchev–Trinajstić information content (AvgIpc) is 2.73. The molecular formula is C13H20N2O2S2. The Balaban J connectivity index is 2.00. The van der Waals surface area contributed by atoms with Gasteiger partial charge in [0.25, 0.3) is 0 Å². The van der Waals surface area contributed by atoms with Gasteiger partial charge in [-0.3, -0.25) is 4.79 Å². The summed E-state index contributed by atoms with van der Waals surface area (Å²) in [6, 6.07) is 0. The van der Waals surface area contributed by atoms with Crippen molar-refractivity contribution in [3.8, 4) is 0 Å². The second-order valence-electron chi connectivity index (χ2n) is 5.22.